The lowest BCUT2D eigenvalue weighted by atomic mass is 10.1. The van der Waals surface area contributed by atoms with Crippen molar-refractivity contribution >= 4 is 56.0 Å². The third-order valence-electron chi connectivity index (χ3n) is 4.99. The van der Waals surface area contributed by atoms with Gasteiger partial charge in [-0.25, -0.2) is 0 Å². The smallest absolute Gasteiger partial charge is 0.316 e. The van der Waals surface area contributed by atoms with Gasteiger partial charge in [0, 0.05) is 27.8 Å². The normalized spacial score (nSPS) is 10.7. The summed E-state index contributed by atoms with van der Waals surface area (Å²) in [6.07, 6.45) is 0. The maximum atomic E-state index is 11.4. The lowest BCUT2D eigenvalue weighted by Crippen LogP contribution is -2.34. The number of rotatable bonds is 2. The standard InChI is InChI=1S/C10H9N3O4.C9H6IN3O4/c1-5-3-6-8(4-7(5)13(16)17)12(2)10(15)9(14)11-6;1-3-4(10)2-5-6(7(3)13(16)17)12-9(15)8(14)11-5/h3-4H,1-2H3,(H,11,14);2H,1H3,(H,11,14)(H,12,15). The second-order valence-electron chi connectivity index (χ2n) is 7.15. The van der Waals surface area contributed by atoms with Crippen LogP contribution in [0.4, 0.5) is 11.4 Å². The molecule has 4 rings (SSSR count). The average molecular weight is 582 g/mol. The lowest BCUT2D eigenvalue weighted by Gasteiger charge is -2.05. The van der Waals surface area contributed by atoms with E-state index in [0.717, 1.165) is 4.57 Å². The Morgan fingerprint density at radius 1 is 0.853 bits per heavy atom. The number of nitrogens with one attached hydrogen (secondary N) is 3. The van der Waals surface area contributed by atoms with Crippen LogP contribution >= 0.6 is 22.6 Å². The predicted molar refractivity (Wildman–Crippen MR) is 130 cm³/mol. The van der Waals surface area contributed by atoms with E-state index in [4.69, 9.17) is 0 Å². The van der Waals surface area contributed by atoms with Crippen molar-refractivity contribution < 1.29 is 9.85 Å². The Hall–Kier alpha value is -4.15. The number of aryl methyl sites for hydroxylation is 2. The number of nitro groups is 2. The van der Waals surface area contributed by atoms with Crippen LogP contribution in [-0.2, 0) is 7.05 Å². The largest absolute Gasteiger partial charge is 0.316 e. The van der Waals surface area contributed by atoms with Gasteiger partial charge in [-0.3, -0.25) is 39.4 Å². The van der Waals surface area contributed by atoms with Crippen molar-refractivity contribution in [2.75, 3.05) is 0 Å². The summed E-state index contributed by atoms with van der Waals surface area (Å²) < 4.78 is 1.74. The Bertz CT molecular complexity index is 1750. The molecule has 0 amide bonds. The molecule has 0 atom stereocenters. The van der Waals surface area contributed by atoms with Crippen LogP contribution in [0.5, 0.6) is 0 Å². The highest BCUT2D eigenvalue weighted by atomic mass is 127. The summed E-state index contributed by atoms with van der Waals surface area (Å²) in [5, 5.41) is 21.7. The van der Waals surface area contributed by atoms with Gasteiger partial charge < -0.3 is 19.5 Å². The molecule has 0 bridgehead atoms. The lowest BCUT2D eigenvalue weighted by molar-refractivity contribution is -0.385. The van der Waals surface area contributed by atoms with E-state index in [1.165, 1.54) is 19.2 Å². The Morgan fingerprint density at radius 2 is 1.44 bits per heavy atom. The molecule has 0 aliphatic rings. The van der Waals surface area contributed by atoms with E-state index in [9.17, 15) is 39.4 Å². The van der Waals surface area contributed by atoms with Crippen LogP contribution in [-0.4, -0.2) is 29.4 Å². The Labute approximate surface area is 200 Å². The van der Waals surface area contributed by atoms with Crippen molar-refractivity contribution in [2.24, 2.45) is 7.05 Å². The third-order valence-corrected chi connectivity index (χ3v) is 6.11. The molecule has 2 heterocycles. The van der Waals surface area contributed by atoms with E-state index < -0.39 is 32.1 Å². The Balaban J connectivity index is 0.000000191. The first-order chi connectivity index (χ1) is 15.8. The number of fused-ring (bicyclic) bond motifs is 2. The van der Waals surface area contributed by atoms with Crippen LogP contribution in [0.25, 0.3) is 22.1 Å². The van der Waals surface area contributed by atoms with Crippen LogP contribution in [0, 0.1) is 37.6 Å². The van der Waals surface area contributed by atoms with Gasteiger partial charge in [-0.1, -0.05) is 0 Å². The first-order valence-corrected chi connectivity index (χ1v) is 10.4. The first kappa shape index (κ1) is 24.5. The molecule has 0 aliphatic carbocycles. The second-order valence-corrected chi connectivity index (χ2v) is 8.31. The van der Waals surface area contributed by atoms with Crippen molar-refractivity contribution in [1.82, 2.24) is 19.5 Å². The second kappa shape index (κ2) is 9.00. The number of halogens is 1. The minimum absolute atomic E-state index is 0.0394. The van der Waals surface area contributed by atoms with E-state index in [1.54, 1.807) is 19.9 Å². The molecule has 0 aliphatic heterocycles. The zero-order chi connectivity index (χ0) is 25.5. The van der Waals surface area contributed by atoms with Gasteiger partial charge >= 0.3 is 22.2 Å². The van der Waals surface area contributed by atoms with Gasteiger partial charge in [0.05, 0.1) is 26.4 Å². The fraction of sp³-hybridized carbons (Fsp3) is 0.158. The minimum atomic E-state index is -0.902. The molecular formula is C19H15IN6O8. The summed E-state index contributed by atoms with van der Waals surface area (Å²) in [5.74, 6) is 0. The van der Waals surface area contributed by atoms with Gasteiger partial charge in [0.25, 0.3) is 11.4 Å². The van der Waals surface area contributed by atoms with Gasteiger partial charge in [-0.05, 0) is 48.6 Å². The number of aromatic nitrogens is 4. The first-order valence-electron chi connectivity index (χ1n) is 9.31. The molecule has 176 valence electrons. The molecule has 34 heavy (non-hydrogen) atoms. The van der Waals surface area contributed by atoms with E-state index in [1.807, 2.05) is 22.6 Å². The molecule has 3 N–H and O–H groups in total. The SMILES string of the molecule is Cc1c(I)cc2[nH]c(=O)c(=O)[nH]c2c1[N+](=O)[O-].Cc1cc2[nH]c(=O)c(=O)n(C)c2cc1[N+](=O)[O-]. The average Bonchev–Trinajstić information content (AvgIpc) is 2.74. The fourth-order valence-corrected chi connectivity index (χ4v) is 3.80. The molecule has 0 radical (unpaired) electrons. The van der Waals surface area contributed by atoms with Crippen molar-refractivity contribution in [3.8, 4) is 0 Å². The van der Waals surface area contributed by atoms with Gasteiger partial charge in [-0.2, -0.15) is 0 Å². The number of H-pyrrole nitrogens is 3. The third kappa shape index (κ3) is 4.36. The van der Waals surface area contributed by atoms with Crippen LogP contribution in [0.15, 0.2) is 37.4 Å². The van der Waals surface area contributed by atoms with E-state index in [2.05, 4.69) is 15.0 Å². The molecule has 0 saturated carbocycles. The Kier molecular flexibility index (Phi) is 6.49. The van der Waals surface area contributed by atoms with E-state index in [-0.39, 0.29) is 22.4 Å². The molecule has 0 saturated heterocycles. The predicted octanol–water partition coefficient (Wildman–Crippen LogP) is 1.48. The van der Waals surface area contributed by atoms with Gasteiger partial charge in [0.15, 0.2) is 0 Å². The topological polar surface area (TPSA) is 207 Å². The number of benzene rings is 2. The molecule has 0 unspecified atom stereocenters. The number of hydrogen-bond acceptors (Lipinski definition) is 8. The Morgan fingerprint density at radius 3 is 2.03 bits per heavy atom. The molecule has 2 aromatic heterocycles. The molecule has 0 fully saturated rings. The van der Waals surface area contributed by atoms with Crippen molar-refractivity contribution in [1.29, 1.82) is 0 Å². The molecule has 14 nitrogen and oxygen atoms in total. The maximum absolute atomic E-state index is 11.4. The molecule has 15 heteroatoms. The summed E-state index contributed by atoms with van der Waals surface area (Å²) in [7, 11) is 1.40. The number of nitrogens with zero attached hydrogens (tertiary/aromatic N) is 3. The summed E-state index contributed by atoms with van der Waals surface area (Å²) in [6, 6.07) is 4.34. The van der Waals surface area contributed by atoms with Crippen molar-refractivity contribution in [3.05, 3.63) is 94.5 Å². The van der Waals surface area contributed by atoms with E-state index in [0.29, 0.717) is 25.7 Å². The van der Waals surface area contributed by atoms with Crippen LogP contribution in [0.3, 0.4) is 0 Å². The molecule has 0 spiro atoms. The van der Waals surface area contributed by atoms with Crippen molar-refractivity contribution in [3.63, 3.8) is 0 Å². The fourth-order valence-electron chi connectivity index (χ4n) is 3.24. The summed E-state index contributed by atoms with van der Waals surface area (Å²) in [6.45, 7) is 3.16. The number of nitro benzene ring substituents is 2. The summed E-state index contributed by atoms with van der Waals surface area (Å²) >= 11 is 1.93. The maximum Gasteiger partial charge on any atom is 0.316 e. The van der Waals surface area contributed by atoms with E-state index >= 15 is 0 Å². The summed E-state index contributed by atoms with van der Waals surface area (Å²) in [4.78, 5) is 72.6. The quantitative estimate of drug-likeness (QED) is 0.136. The van der Waals surface area contributed by atoms with Crippen LogP contribution in [0.1, 0.15) is 11.1 Å². The summed E-state index contributed by atoms with van der Waals surface area (Å²) in [5.41, 5.74) is -1.60. The molecular weight excluding hydrogens is 567 g/mol. The zero-order valence-electron chi connectivity index (χ0n) is 17.7. The molecule has 2 aromatic carbocycles. The van der Waals surface area contributed by atoms with Crippen LogP contribution in [0.2, 0.25) is 0 Å². The van der Waals surface area contributed by atoms with Crippen LogP contribution < -0.4 is 22.2 Å². The number of aromatic amines is 3. The number of hydrogen-bond donors (Lipinski definition) is 3. The van der Waals surface area contributed by atoms with Gasteiger partial charge in [0.2, 0.25) is 0 Å². The highest BCUT2D eigenvalue weighted by Gasteiger charge is 2.20. The molecule has 4 aromatic rings. The monoisotopic (exact) mass is 582 g/mol. The minimum Gasteiger partial charge on any atom is -0.316 e. The zero-order valence-corrected chi connectivity index (χ0v) is 19.9. The highest BCUT2D eigenvalue weighted by Crippen LogP contribution is 2.29. The van der Waals surface area contributed by atoms with Gasteiger partial charge in [-0.15, -0.1) is 0 Å². The van der Waals surface area contributed by atoms with Crippen molar-refractivity contribution in [2.45, 2.75) is 13.8 Å². The van der Waals surface area contributed by atoms with Gasteiger partial charge in [0.1, 0.15) is 5.52 Å². The highest BCUT2D eigenvalue weighted by molar-refractivity contribution is 14.1.